The summed E-state index contributed by atoms with van der Waals surface area (Å²) in [6.07, 6.45) is 4.51. The summed E-state index contributed by atoms with van der Waals surface area (Å²) in [5.74, 6) is -1.32. The molecule has 0 saturated carbocycles. The van der Waals surface area contributed by atoms with Crippen LogP contribution >= 0.6 is 0 Å². The van der Waals surface area contributed by atoms with E-state index in [0.29, 0.717) is 0 Å². The van der Waals surface area contributed by atoms with Gasteiger partial charge in [0.25, 0.3) is 0 Å². The number of benzene rings is 2. The van der Waals surface area contributed by atoms with E-state index in [4.69, 9.17) is 0 Å². The first kappa shape index (κ1) is 20.5. The van der Waals surface area contributed by atoms with Crippen molar-refractivity contribution >= 4 is 15.9 Å². The average molecular weight is 405 g/mol. The standard InChI is InChI=1S/C21H25FN2O3S/c1-14(17-12-11-16-7-3-4-8-18(16)13-17)23-21(25)15(2)24-28(26,27)20-10-6-5-9-19(20)22/h5-6,9-15,24H,3-4,7-8H2,1-2H3,(H,23,25)/t14?,15-/m0/s1. The lowest BCUT2D eigenvalue weighted by atomic mass is 9.89. The molecule has 0 bridgehead atoms. The van der Waals surface area contributed by atoms with E-state index in [0.717, 1.165) is 30.5 Å². The molecule has 2 aromatic rings. The maximum atomic E-state index is 13.8. The molecule has 0 saturated heterocycles. The lowest BCUT2D eigenvalue weighted by Gasteiger charge is -2.21. The van der Waals surface area contributed by atoms with Crippen LogP contribution in [0.2, 0.25) is 0 Å². The van der Waals surface area contributed by atoms with E-state index in [1.807, 2.05) is 13.0 Å². The molecule has 5 nitrogen and oxygen atoms in total. The second-order valence-corrected chi connectivity index (χ2v) is 8.92. The number of fused-ring (bicyclic) bond motifs is 1. The summed E-state index contributed by atoms with van der Waals surface area (Å²) in [5, 5.41) is 2.83. The second-order valence-electron chi connectivity index (χ2n) is 7.24. The maximum Gasteiger partial charge on any atom is 0.244 e. The lowest BCUT2D eigenvalue weighted by Crippen LogP contribution is -2.45. The lowest BCUT2D eigenvalue weighted by molar-refractivity contribution is -0.123. The molecular formula is C21H25FN2O3S. The first-order valence-corrected chi connectivity index (χ1v) is 10.9. The van der Waals surface area contributed by atoms with Crippen molar-refractivity contribution in [2.45, 2.75) is 56.5 Å². The highest BCUT2D eigenvalue weighted by molar-refractivity contribution is 7.89. The molecule has 0 fully saturated rings. The van der Waals surface area contributed by atoms with Crippen LogP contribution in [0.1, 0.15) is 49.4 Å². The number of aryl methyl sites for hydroxylation is 2. The first-order valence-electron chi connectivity index (χ1n) is 9.47. The van der Waals surface area contributed by atoms with E-state index < -0.39 is 32.7 Å². The van der Waals surface area contributed by atoms with Crippen molar-refractivity contribution in [1.29, 1.82) is 0 Å². The molecule has 3 rings (SSSR count). The van der Waals surface area contributed by atoms with E-state index in [1.165, 1.54) is 43.0 Å². The molecule has 1 aliphatic carbocycles. The van der Waals surface area contributed by atoms with Gasteiger partial charge in [0.2, 0.25) is 15.9 Å². The summed E-state index contributed by atoms with van der Waals surface area (Å²) in [5.41, 5.74) is 3.66. The van der Waals surface area contributed by atoms with Gasteiger partial charge in [-0.1, -0.05) is 30.3 Å². The van der Waals surface area contributed by atoms with Gasteiger partial charge < -0.3 is 5.32 Å². The Morgan fingerprint density at radius 3 is 2.43 bits per heavy atom. The van der Waals surface area contributed by atoms with E-state index in [-0.39, 0.29) is 6.04 Å². The zero-order chi connectivity index (χ0) is 20.3. The minimum atomic E-state index is -4.13. The zero-order valence-electron chi connectivity index (χ0n) is 16.0. The monoisotopic (exact) mass is 404 g/mol. The third-order valence-corrected chi connectivity index (χ3v) is 6.66. The second kappa shape index (κ2) is 8.41. The fourth-order valence-corrected chi connectivity index (χ4v) is 4.74. The zero-order valence-corrected chi connectivity index (χ0v) is 16.9. The maximum absolute atomic E-state index is 13.8. The van der Waals surface area contributed by atoms with Gasteiger partial charge in [0.15, 0.2) is 0 Å². The van der Waals surface area contributed by atoms with E-state index in [2.05, 4.69) is 22.2 Å². The Morgan fingerprint density at radius 2 is 1.71 bits per heavy atom. The summed E-state index contributed by atoms with van der Waals surface area (Å²) in [7, 11) is -4.13. The summed E-state index contributed by atoms with van der Waals surface area (Å²) >= 11 is 0. The Bertz CT molecular complexity index is 975. The predicted molar refractivity (Wildman–Crippen MR) is 106 cm³/mol. The Hall–Kier alpha value is -2.25. The SMILES string of the molecule is CC(NC(=O)[C@H](C)NS(=O)(=O)c1ccccc1F)c1ccc2c(c1)CCCC2. The number of halogens is 1. The van der Waals surface area contributed by atoms with Gasteiger partial charge in [-0.15, -0.1) is 0 Å². The van der Waals surface area contributed by atoms with Crippen molar-refractivity contribution in [2.24, 2.45) is 0 Å². The number of carbonyl (C=O) groups is 1. The van der Waals surface area contributed by atoms with Crippen LogP contribution in [-0.4, -0.2) is 20.4 Å². The van der Waals surface area contributed by atoms with Gasteiger partial charge in [-0.25, -0.2) is 12.8 Å². The third-order valence-electron chi connectivity index (χ3n) is 5.08. The minimum Gasteiger partial charge on any atom is -0.348 e. The van der Waals surface area contributed by atoms with Gasteiger partial charge in [0, 0.05) is 0 Å². The van der Waals surface area contributed by atoms with Crippen LogP contribution in [0.3, 0.4) is 0 Å². The number of nitrogens with one attached hydrogen (secondary N) is 2. The molecule has 2 aromatic carbocycles. The minimum absolute atomic E-state index is 0.264. The smallest absolute Gasteiger partial charge is 0.244 e. The van der Waals surface area contributed by atoms with Crippen LogP contribution in [0.5, 0.6) is 0 Å². The molecule has 1 amide bonds. The summed E-state index contributed by atoms with van der Waals surface area (Å²) in [4.78, 5) is 12.0. The van der Waals surface area contributed by atoms with Gasteiger partial charge in [-0.3, -0.25) is 4.79 Å². The highest BCUT2D eigenvalue weighted by Crippen LogP contribution is 2.25. The molecule has 0 spiro atoms. The number of amides is 1. The third kappa shape index (κ3) is 4.59. The summed E-state index contributed by atoms with van der Waals surface area (Å²) < 4.78 is 40.7. The molecule has 0 heterocycles. The Balaban J connectivity index is 1.66. The van der Waals surface area contributed by atoms with E-state index in [1.54, 1.807) is 0 Å². The van der Waals surface area contributed by atoms with Crippen LogP contribution in [0, 0.1) is 5.82 Å². The van der Waals surface area contributed by atoms with Crippen LogP contribution in [0.15, 0.2) is 47.4 Å². The molecule has 7 heteroatoms. The molecule has 28 heavy (non-hydrogen) atoms. The van der Waals surface area contributed by atoms with Gasteiger partial charge in [0.1, 0.15) is 10.7 Å². The summed E-state index contributed by atoms with van der Waals surface area (Å²) in [6, 6.07) is 10.00. The quantitative estimate of drug-likeness (QED) is 0.776. The first-order chi connectivity index (χ1) is 13.3. The molecule has 2 N–H and O–H groups in total. The highest BCUT2D eigenvalue weighted by Gasteiger charge is 2.25. The van der Waals surface area contributed by atoms with E-state index in [9.17, 15) is 17.6 Å². The number of sulfonamides is 1. The number of carbonyl (C=O) groups excluding carboxylic acids is 1. The van der Waals surface area contributed by atoms with Crippen LogP contribution < -0.4 is 10.0 Å². The normalized spacial score (nSPS) is 16.1. The van der Waals surface area contributed by atoms with Gasteiger partial charge >= 0.3 is 0 Å². The molecule has 1 unspecified atom stereocenters. The Kier molecular flexibility index (Phi) is 6.15. The number of rotatable bonds is 6. The van der Waals surface area contributed by atoms with Crippen molar-refractivity contribution in [3.05, 3.63) is 65.0 Å². The molecule has 2 atom stereocenters. The molecular weight excluding hydrogens is 379 g/mol. The Labute approximate surface area is 165 Å². The summed E-state index contributed by atoms with van der Waals surface area (Å²) in [6.45, 7) is 3.30. The van der Waals surface area contributed by atoms with Crippen LogP contribution in [-0.2, 0) is 27.7 Å². The number of hydrogen-bond donors (Lipinski definition) is 2. The fourth-order valence-electron chi connectivity index (χ4n) is 3.46. The predicted octanol–water partition coefficient (Wildman–Crippen LogP) is 3.25. The van der Waals surface area contributed by atoms with Gasteiger partial charge in [-0.2, -0.15) is 4.72 Å². The van der Waals surface area contributed by atoms with Gasteiger partial charge in [-0.05, 0) is 68.4 Å². The van der Waals surface area contributed by atoms with Crippen LogP contribution in [0.4, 0.5) is 4.39 Å². The highest BCUT2D eigenvalue weighted by atomic mass is 32.2. The molecule has 150 valence electrons. The molecule has 0 aliphatic heterocycles. The largest absolute Gasteiger partial charge is 0.348 e. The average Bonchev–Trinajstić information content (AvgIpc) is 2.67. The van der Waals surface area contributed by atoms with Crippen molar-refractivity contribution in [1.82, 2.24) is 10.0 Å². The molecule has 1 aliphatic rings. The van der Waals surface area contributed by atoms with Crippen molar-refractivity contribution in [2.75, 3.05) is 0 Å². The fraction of sp³-hybridized carbons (Fsp3) is 0.381. The molecule has 0 aromatic heterocycles. The van der Waals surface area contributed by atoms with Crippen molar-refractivity contribution in [3.8, 4) is 0 Å². The van der Waals surface area contributed by atoms with Crippen LogP contribution in [0.25, 0.3) is 0 Å². The number of hydrogen-bond acceptors (Lipinski definition) is 3. The van der Waals surface area contributed by atoms with Gasteiger partial charge in [0.05, 0.1) is 12.1 Å². The van der Waals surface area contributed by atoms with Crippen molar-refractivity contribution in [3.63, 3.8) is 0 Å². The topological polar surface area (TPSA) is 75.3 Å². The van der Waals surface area contributed by atoms with E-state index >= 15 is 0 Å². The van der Waals surface area contributed by atoms with Crippen molar-refractivity contribution < 1.29 is 17.6 Å². The Morgan fingerprint density at radius 1 is 1.04 bits per heavy atom. The molecule has 0 radical (unpaired) electrons.